The number of hydrogen-bond acceptors (Lipinski definition) is 4. The fraction of sp³-hybridized carbons (Fsp3) is 0.862. The quantitative estimate of drug-likeness (QED) is 0.201. The molecule has 190 valence electrons. The van der Waals surface area contributed by atoms with Crippen LogP contribution in [0.1, 0.15) is 92.4 Å². The van der Waals surface area contributed by atoms with Crippen LogP contribution >= 0.6 is 22.6 Å². The van der Waals surface area contributed by atoms with Crippen LogP contribution in [0.15, 0.2) is 11.3 Å². The van der Waals surface area contributed by atoms with E-state index in [-0.39, 0.29) is 34.9 Å². The summed E-state index contributed by atoms with van der Waals surface area (Å²) in [5.41, 5.74) is 1.31. The monoisotopic (exact) mass is 582 g/mol. The average molecular weight is 583 g/mol. The van der Waals surface area contributed by atoms with Crippen LogP contribution in [0.2, 0.25) is 0 Å². The highest BCUT2D eigenvalue weighted by Gasteiger charge is 2.67. The molecule has 0 aromatic heterocycles. The number of hydrogen-bond donors (Lipinski definition) is 0. The Balaban J connectivity index is 1.36. The van der Waals surface area contributed by atoms with Crippen LogP contribution < -0.4 is 0 Å². The van der Waals surface area contributed by atoms with Gasteiger partial charge in [-0.15, -0.1) is 0 Å². The number of alkyl halides is 1. The molecule has 4 fully saturated rings. The van der Waals surface area contributed by atoms with Crippen LogP contribution in [-0.2, 0) is 19.1 Å². The number of halogens is 1. The largest absolute Gasteiger partial charge is 0.494 e. The molecule has 1 aliphatic heterocycles. The predicted molar refractivity (Wildman–Crippen MR) is 141 cm³/mol. The Morgan fingerprint density at radius 1 is 1.21 bits per heavy atom. The molecule has 4 nitrogen and oxygen atoms in total. The maximum Gasteiger partial charge on any atom is 0.302 e. The van der Waals surface area contributed by atoms with Crippen molar-refractivity contribution in [1.82, 2.24) is 0 Å². The zero-order valence-electron chi connectivity index (χ0n) is 21.7. The Bertz CT molecular complexity index is 881. The van der Waals surface area contributed by atoms with Crippen LogP contribution in [0.5, 0.6) is 0 Å². The lowest BCUT2D eigenvalue weighted by Crippen LogP contribution is -2.57. The summed E-state index contributed by atoms with van der Waals surface area (Å²) in [7, 11) is 0. The third-order valence-electron chi connectivity index (χ3n) is 11.2. The lowest BCUT2D eigenvalue weighted by atomic mass is 9.44. The van der Waals surface area contributed by atoms with Crippen LogP contribution in [0, 0.1) is 46.3 Å². The highest BCUT2D eigenvalue weighted by atomic mass is 127. The fourth-order valence-electron chi connectivity index (χ4n) is 9.28. The van der Waals surface area contributed by atoms with Crippen molar-refractivity contribution in [3.63, 3.8) is 0 Å². The van der Waals surface area contributed by atoms with Gasteiger partial charge in [-0.3, -0.25) is 9.59 Å². The predicted octanol–water partition coefficient (Wildman–Crippen LogP) is 6.89. The number of carbonyl (C=O) groups excluding carboxylic acids is 2. The van der Waals surface area contributed by atoms with Crippen molar-refractivity contribution >= 4 is 34.3 Å². The first kappa shape index (κ1) is 25.1. The van der Waals surface area contributed by atoms with Crippen LogP contribution in [0.3, 0.4) is 0 Å². The van der Waals surface area contributed by atoms with E-state index in [2.05, 4.69) is 50.3 Å². The number of rotatable bonds is 5. The van der Waals surface area contributed by atoms with Gasteiger partial charge in [0.1, 0.15) is 18.0 Å². The van der Waals surface area contributed by atoms with Gasteiger partial charge in [-0.1, -0.05) is 43.4 Å². The van der Waals surface area contributed by atoms with E-state index in [9.17, 15) is 9.59 Å². The van der Waals surface area contributed by atoms with Crippen molar-refractivity contribution in [3.05, 3.63) is 11.3 Å². The van der Waals surface area contributed by atoms with Gasteiger partial charge in [-0.05, 0) is 92.4 Å². The maximum absolute atomic E-state index is 14.0. The van der Waals surface area contributed by atoms with Gasteiger partial charge in [0.15, 0.2) is 0 Å². The minimum absolute atomic E-state index is 0.0667. The zero-order chi connectivity index (χ0) is 24.4. The molecule has 0 radical (unpaired) electrons. The molecule has 10 atom stereocenters. The van der Waals surface area contributed by atoms with Gasteiger partial charge in [0.05, 0.1) is 5.76 Å². The number of Topliss-reactive ketones (excluding diaryl/α,β-unsaturated/α-hetero) is 1. The Morgan fingerprint density at radius 3 is 2.68 bits per heavy atom. The van der Waals surface area contributed by atoms with Gasteiger partial charge in [0, 0.05) is 35.5 Å². The van der Waals surface area contributed by atoms with Gasteiger partial charge in [0.2, 0.25) is 0 Å². The van der Waals surface area contributed by atoms with Crippen LogP contribution in [0.4, 0.5) is 0 Å². The molecule has 0 bridgehead atoms. The molecule has 4 saturated carbocycles. The summed E-state index contributed by atoms with van der Waals surface area (Å²) in [6.07, 6.45) is 9.67. The van der Waals surface area contributed by atoms with Crippen LogP contribution in [-0.4, -0.2) is 28.4 Å². The highest BCUT2D eigenvalue weighted by molar-refractivity contribution is 14.1. The third kappa shape index (κ3) is 3.80. The summed E-state index contributed by atoms with van der Waals surface area (Å²) >= 11 is 2.48. The first-order valence-electron chi connectivity index (χ1n) is 13.7. The number of esters is 1. The lowest BCUT2D eigenvalue weighted by Gasteiger charge is -2.60. The average Bonchev–Trinajstić information content (AvgIpc) is 3.27. The van der Waals surface area contributed by atoms with Crippen molar-refractivity contribution in [2.24, 2.45) is 46.3 Å². The van der Waals surface area contributed by atoms with Gasteiger partial charge in [0.25, 0.3) is 0 Å². The number of ketones is 1. The van der Waals surface area contributed by atoms with Crippen molar-refractivity contribution in [1.29, 1.82) is 0 Å². The lowest BCUT2D eigenvalue weighted by molar-refractivity contribution is -0.165. The molecule has 5 heteroatoms. The van der Waals surface area contributed by atoms with Gasteiger partial charge in [-0.2, -0.15) is 0 Å². The minimum Gasteiger partial charge on any atom is -0.494 e. The Morgan fingerprint density at radius 2 is 1.97 bits per heavy atom. The molecule has 5 rings (SSSR count). The van der Waals surface area contributed by atoms with E-state index < -0.39 is 0 Å². The summed E-state index contributed by atoms with van der Waals surface area (Å²) in [5.74, 6) is 4.63. The molecule has 1 unspecified atom stereocenters. The molecule has 0 aromatic rings. The molecule has 0 saturated heterocycles. The summed E-state index contributed by atoms with van der Waals surface area (Å²) in [5, 5.41) is 0. The van der Waals surface area contributed by atoms with E-state index >= 15 is 0 Å². The Hall–Kier alpha value is -0.590. The van der Waals surface area contributed by atoms with E-state index in [0.29, 0.717) is 35.4 Å². The van der Waals surface area contributed by atoms with E-state index in [1.807, 2.05) is 0 Å². The molecule has 0 N–H and O–H groups in total. The summed E-state index contributed by atoms with van der Waals surface area (Å²) < 4.78 is 13.4. The molecule has 5 aliphatic rings. The normalized spacial score (nSPS) is 46.2. The number of allylic oxidation sites excluding steroid dienone is 1. The Labute approximate surface area is 219 Å². The van der Waals surface area contributed by atoms with Crippen molar-refractivity contribution in [3.8, 4) is 0 Å². The second kappa shape index (κ2) is 9.06. The second-order valence-corrected chi connectivity index (χ2v) is 13.7. The summed E-state index contributed by atoms with van der Waals surface area (Å²) in [4.78, 5) is 25.6. The van der Waals surface area contributed by atoms with E-state index in [1.165, 1.54) is 41.9 Å². The number of ether oxygens (including phenoxy) is 2. The standard InChI is InChI=1S/C29H43IO4/c1-16(15-30)6-9-24-17(2)27-25(34-24)13-23-21-8-7-19-12-20(33-18(3)31)10-11-28(19,4)22(21)14-26(32)29(23,27)5/h16,19-23,25,27H,6-15H2,1-5H3/t16?,19-,20-,21+,22-,23-,25-,27-,28-,29+/m0/s1. The number of carbonyl (C=O) groups is 2. The third-order valence-corrected chi connectivity index (χ3v) is 12.7. The maximum atomic E-state index is 14.0. The topological polar surface area (TPSA) is 52.6 Å². The number of fused-ring (bicyclic) bond motifs is 7. The van der Waals surface area contributed by atoms with E-state index in [4.69, 9.17) is 9.47 Å². The van der Waals surface area contributed by atoms with E-state index in [1.54, 1.807) is 0 Å². The summed E-state index contributed by atoms with van der Waals surface area (Å²) in [6, 6.07) is 0. The van der Waals surface area contributed by atoms with E-state index in [0.717, 1.165) is 38.5 Å². The van der Waals surface area contributed by atoms with Gasteiger partial charge in [-0.25, -0.2) is 0 Å². The van der Waals surface area contributed by atoms with Crippen molar-refractivity contribution < 1.29 is 19.1 Å². The molecular weight excluding hydrogens is 539 g/mol. The van der Waals surface area contributed by atoms with Crippen molar-refractivity contribution in [2.45, 2.75) is 105 Å². The smallest absolute Gasteiger partial charge is 0.302 e. The van der Waals surface area contributed by atoms with Crippen LogP contribution in [0.25, 0.3) is 0 Å². The fourth-order valence-corrected chi connectivity index (χ4v) is 9.72. The minimum atomic E-state index is -0.259. The molecule has 0 spiro atoms. The van der Waals surface area contributed by atoms with Gasteiger partial charge >= 0.3 is 5.97 Å². The van der Waals surface area contributed by atoms with Crippen molar-refractivity contribution in [2.75, 3.05) is 4.43 Å². The second-order valence-electron chi connectivity index (χ2n) is 12.8. The first-order chi connectivity index (χ1) is 16.1. The molecule has 34 heavy (non-hydrogen) atoms. The molecular formula is C29H43IO4. The summed E-state index contributed by atoms with van der Waals surface area (Å²) in [6.45, 7) is 10.9. The Kier molecular flexibility index (Phi) is 6.68. The molecule has 1 heterocycles. The molecule has 4 aliphatic carbocycles. The SMILES string of the molecule is CC(=O)O[C@H]1CC[C@@]2(C)[C@@H](CC[C@@H]3[C@@H]2CC(=O)[C@@]2(C)[C@H]3C[C@@H]3OC(CCC(C)CI)=C(C)[C@@H]32)C1. The molecule has 0 amide bonds. The zero-order valence-corrected chi connectivity index (χ0v) is 23.9. The van der Waals surface area contributed by atoms with Gasteiger partial charge < -0.3 is 9.47 Å². The highest BCUT2D eigenvalue weighted by Crippen LogP contribution is 2.68. The first-order valence-corrected chi connectivity index (χ1v) is 15.2. The molecule has 0 aromatic carbocycles.